The average molecular weight is 992 g/mol. The predicted octanol–water partition coefficient (Wildman–Crippen LogP) is 17.8. The molecule has 17 heterocycles. The summed E-state index contributed by atoms with van der Waals surface area (Å²) in [6, 6.07) is 43.9. The van der Waals surface area contributed by atoms with E-state index in [4.69, 9.17) is 15.0 Å². The lowest BCUT2D eigenvalue weighted by molar-refractivity contribution is -0.167. The Balaban J connectivity index is 0.901. The molecular formula is C72H77N3. The Morgan fingerprint density at radius 3 is 1.31 bits per heavy atom. The normalized spacial score (nSPS) is 36.7. The second kappa shape index (κ2) is 17.7. The fraction of sp³-hybridized carbons (Fsp3) is 0.458. The van der Waals surface area contributed by atoms with Crippen LogP contribution in [0.15, 0.2) is 146 Å². The number of aromatic nitrogens is 3. The van der Waals surface area contributed by atoms with Crippen molar-refractivity contribution in [2.24, 2.45) is 44.3 Å². The van der Waals surface area contributed by atoms with E-state index in [-0.39, 0.29) is 40.4 Å². The molecule has 36 rings (SSSR count). The molecule has 20 bridgehead atoms. The topological polar surface area (TPSA) is 38.7 Å². The van der Waals surface area contributed by atoms with Crippen LogP contribution in [0.1, 0.15) is 165 Å². The predicted molar refractivity (Wildman–Crippen MR) is 306 cm³/mol. The van der Waals surface area contributed by atoms with Gasteiger partial charge in [-0.05, 0) is 268 Å². The van der Waals surface area contributed by atoms with Crippen molar-refractivity contribution in [2.75, 3.05) is 0 Å². The summed E-state index contributed by atoms with van der Waals surface area (Å²) < 4.78 is 82.0. The van der Waals surface area contributed by atoms with Crippen LogP contribution in [0.3, 0.4) is 0 Å². The van der Waals surface area contributed by atoms with Gasteiger partial charge in [-0.25, -0.2) is 0 Å². The number of aryl methyl sites for hydroxylation is 7. The van der Waals surface area contributed by atoms with Gasteiger partial charge in [0.15, 0.2) is 0 Å². The van der Waals surface area contributed by atoms with E-state index in [9.17, 15) is 11.0 Å². The van der Waals surface area contributed by atoms with Gasteiger partial charge in [-0.2, -0.15) is 0 Å². The summed E-state index contributed by atoms with van der Waals surface area (Å²) in [6.07, 6.45) is 14.0. The molecule has 0 amide bonds. The molecule has 8 atom stereocenters. The molecule has 6 spiro atoms. The molecule has 0 radical (unpaired) electrons. The first-order valence-corrected chi connectivity index (χ1v) is 28.8. The van der Waals surface area contributed by atoms with E-state index in [1.807, 2.05) is 79.3 Å². The number of pyridine rings is 3. The van der Waals surface area contributed by atoms with Gasteiger partial charge < -0.3 is 0 Å². The van der Waals surface area contributed by atoms with Crippen LogP contribution in [0.25, 0.3) is 44.9 Å². The smallest absolute Gasteiger partial charge is 0.0708 e. The minimum absolute atomic E-state index is 0.0301. The van der Waals surface area contributed by atoms with Gasteiger partial charge in [0.05, 0.1) is 17.1 Å². The highest BCUT2D eigenvalue weighted by molar-refractivity contribution is 5.73. The van der Waals surface area contributed by atoms with Crippen molar-refractivity contribution in [1.29, 1.82) is 0 Å². The van der Waals surface area contributed by atoms with Crippen molar-refractivity contribution in [2.45, 2.75) is 161 Å². The van der Waals surface area contributed by atoms with Gasteiger partial charge in [-0.1, -0.05) is 115 Å². The SMILES string of the molecule is [2H]C1([2H])CC23CC4CC5(CCc6ccc(cc6)-c6ccc(cn6)CCC67CC8CC(C6)(CC(C8)(C7)C([2H])([2H])Cc6cnc(cc6-c6ccc(C)cc6)-c6ccc(cc6)C([2H])([2H])CC(C4)(C5)C2)C([2H])([2H])Cc2ccc(nc2)-c2ccc1cc2)C3. The van der Waals surface area contributed by atoms with Crippen LogP contribution in [0.4, 0.5) is 0 Å². The first-order chi connectivity index (χ1) is 39.5. The Bertz CT molecular complexity index is 3640. The standard InChI is InChI=1S/C72H77N3/c1-50-2-12-58(13-3-50)63-34-66-61-18-8-53(9-19-61)24-30-69-37-56-35-67(45-69)28-22-51-4-14-59(15-5-51)64-20-10-54(41-73-64)25-31-70-38-57-39-71(47-70,49-72(40-57,48-70)33-27-62(63)43-75-66)32-26-55-11-21-65(74-42-55)60-16-6-52(7-17-60)23-29-68(36-56,44-67)46-69/h2-21,34,41-43,56-57H,22-33,35-40,44-49H2,1H3/i22D2,24D2,31D2,33D2. The van der Waals surface area contributed by atoms with Gasteiger partial charge in [0.2, 0.25) is 0 Å². The summed E-state index contributed by atoms with van der Waals surface area (Å²) in [5.74, 6) is 0.587. The van der Waals surface area contributed by atoms with Crippen LogP contribution in [-0.4, -0.2) is 15.0 Å². The van der Waals surface area contributed by atoms with E-state index < -0.39 is 36.3 Å². The Morgan fingerprint density at radius 2 is 0.773 bits per heavy atom. The Kier molecular flexibility index (Phi) is 9.15. The molecule has 3 nitrogen and oxygen atoms in total. The van der Waals surface area contributed by atoms with Crippen molar-refractivity contribution in [3.63, 3.8) is 0 Å². The van der Waals surface area contributed by atoms with Crippen molar-refractivity contribution in [3.05, 3.63) is 185 Å². The van der Waals surface area contributed by atoms with Crippen LogP contribution in [0, 0.1) is 51.2 Å². The summed E-state index contributed by atoms with van der Waals surface area (Å²) in [5, 5.41) is 0. The maximum atomic E-state index is 10.6. The first-order valence-electron chi connectivity index (χ1n) is 32.8. The van der Waals surface area contributed by atoms with Crippen LogP contribution in [-0.2, 0) is 38.4 Å². The number of hydrogen-bond donors (Lipinski definition) is 0. The van der Waals surface area contributed by atoms with Crippen LogP contribution < -0.4 is 0 Å². The molecule has 29 aliphatic rings. The summed E-state index contributed by atoms with van der Waals surface area (Å²) in [5.41, 5.74) is 11.4. The third kappa shape index (κ3) is 8.75. The van der Waals surface area contributed by atoms with Crippen LogP contribution in [0.2, 0.25) is 0 Å². The highest BCUT2D eigenvalue weighted by Crippen LogP contribution is 2.74. The Hall–Kier alpha value is -5.67. The maximum Gasteiger partial charge on any atom is 0.0708 e. The molecule has 8 fully saturated rings. The second-order valence-electron chi connectivity index (χ2n) is 26.5. The number of benzene rings is 4. The van der Waals surface area contributed by atoms with Crippen molar-refractivity contribution < 1.29 is 11.0 Å². The Morgan fingerprint density at radius 1 is 0.373 bits per heavy atom. The number of nitrogens with zero attached hydrogens (tertiary/aromatic N) is 3. The van der Waals surface area contributed by atoms with E-state index in [0.29, 0.717) is 42.7 Å². The molecule has 380 valence electrons. The average Bonchev–Trinajstić information content (AvgIpc) is 0.780. The Labute approximate surface area is 459 Å². The highest BCUT2D eigenvalue weighted by Gasteiger charge is 2.63. The molecular weight excluding hydrogens is 907 g/mol. The highest BCUT2D eigenvalue weighted by atomic mass is 14.7. The summed E-state index contributed by atoms with van der Waals surface area (Å²) in [6.45, 7) is 2.09. The summed E-state index contributed by atoms with van der Waals surface area (Å²) >= 11 is 0. The van der Waals surface area contributed by atoms with Gasteiger partial charge in [-0.3, -0.25) is 15.0 Å². The zero-order chi connectivity index (χ0) is 57.0. The number of rotatable bonds is 1. The fourth-order valence-electron chi connectivity index (χ4n) is 18.6. The molecule has 15 aliphatic carbocycles. The molecule has 8 unspecified atom stereocenters. The molecule has 8 saturated carbocycles. The fourth-order valence-corrected chi connectivity index (χ4v) is 18.6. The van der Waals surface area contributed by atoms with Crippen molar-refractivity contribution in [3.8, 4) is 44.9 Å². The molecule has 75 heavy (non-hydrogen) atoms. The number of hydrogen-bond acceptors (Lipinski definition) is 3. The second-order valence-corrected chi connectivity index (χ2v) is 26.5. The molecule has 3 heteroatoms. The maximum absolute atomic E-state index is 10.6. The van der Waals surface area contributed by atoms with E-state index in [1.54, 1.807) is 0 Å². The third-order valence-electron chi connectivity index (χ3n) is 20.8. The zero-order valence-corrected chi connectivity index (χ0v) is 44.0. The van der Waals surface area contributed by atoms with Crippen LogP contribution in [0.5, 0.6) is 0 Å². The van der Waals surface area contributed by atoms with Gasteiger partial charge >= 0.3 is 0 Å². The molecule has 0 saturated heterocycles. The van der Waals surface area contributed by atoms with E-state index in [1.165, 1.54) is 5.56 Å². The van der Waals surface area contributed by atoms with E-state index in [0.717, 1.165) is 157 Å². The van der Waals surface area contributed by atoms with Crippen molar-refractivity contribution >= 4 is 0 Å². The molecule has 7 aromatic rings. The first kappa shape index (κ1) is 38.8. The van der Waals surface area contributed by atoms with Gasteiger partial charge in [0.1, 0.15) is 0 Å². The van der Waals surface area contributed by atoms with Gasteiger partial charge in [-0.15, -0.1) is 0 Å². The van der Waals surface area contributed by atoms with Crippen molar-refractivity contribution in [1.82, 2.24) is 15.0 Å². The lowest BCUT2D eigenvalue weighted by atomic mass is 9.37. The summed E-state index contributed by atoms with van der Waals surface area (Å²) in [4.78, 5) is 15.2. The summed E-state index contributed by atoms with van der Waals surface area (Å²) in [7, 11) is 0. The molecule has 3 aromatic heterocycles. The minimum atomic E-state index is -1.71. The monoisotopic (exact) mass is 992 g/mol. The van der Waals surface area contributed by atoms with Gasteiger partial charge in [0, 0.05) is 46.2 Å². The zero-order valence-electron chi connectivity index (χ0n) is 52.0. The van der Waals surface area contributed by atoms with E-state index >= 15 is 0 Å². The lowest BCUT2D eigenvalue weighted by Gasteiger charge is -2.67. The largest absolute Gasteiger partial charge is 0.256 e. The molecule has 0 N–H and O–H groups in total. The van der Waals surface area contributed by atoms with E-state index in [2.05, 4.69) is 73.7 Å². The van der Waals surface area contributed by atoms with Crippen LogP contribution >= 0.6 is 0 Å². The quantitative estimate of drug-likeness (QED) is 0.165. The minimum Gasteiger partial charge on any atom is -0.256 e. The third-order valence-corrected chi connectivity index (χ3v) is 20.8. The lowest BCUT2D eigenvalue weighted by Crippen LogP contribution is -2.57. The van der Waals surface area contributed by atoms with Gasteiger partial charge in [0.25, 0.3) is 0 Å². The molecule has 14 aliphatic heterocycles. The molecule has 4 aromatic carbocycles.